The van der Waals surface area contributed by atoms with Gasteiger partial charge in [-0.1, -0.05) is 23.6 Å². The van der Waals surface area contributed by atoms with Crippen LogP contribution >= 0.6 is 0 Å². The van der Waals surface area contributed by atoms with Crippen molar-refractivity contribution in [3.05, 3.63) is 65.6 Å². The molecule has 31 heavy (non-hydrogen) atoms. The first kappa shape index (κ1) is 23.8. The number of rotatable bonds is 3. The average molecular weight is 444 g/mol. The van der Waals surface area contributed by atoms with Crippen LogP contribution in [0.2, 0.25) is 0 Å². The zero-order valence-electron chi connectivity index (χ0n) is 18.0. The minimum atomic E-state index is -1.23. The van der Waals surface area contributed by atoms with Gasteiger partial charge in [0, 0.05) is 32.9 Å². The number of hydrogen-bond acceptors (Lipinski definition) is 6. The van der Waals surface area contributed by atoms with Crippen LogP contribution in [-0.2, 0) is 26.9 Å². The molecule has 2 aliphatic rings. The summed E-state index contributed by atoms with van der Waals surface area (Å²) in [4.78, 5) is 40.4. The molecule has 9 heteroatoms. The summed E-state index contributed by atoms with van der Waals surface area (Å²) in [6.45, 7) is 2.02. The molecule has 1 aromatic heterocycles. The molecule has 3 heterocycles. The molecule has 0 bridgehead atoms. The molecule has 1 aromatic carbocycles. The van der Waals surface area contributed by atoms with Crippen LogP contribution in [0.4, 0.5) is 5.69 Å². The number of aromatic nitrogens is 2. The minimum Gasteiger partial charge on any atom is -0.371 e. The number of anilines is 1. The fraction of sp³-hybridized carbons (Fsp3) is 0.455. The molecule has 0 N–H and O–H groups in total. The summed E-state index contributed by atoms with van der Waals surface area (Å²) in [6.07, 6.45) is 3.77. The molecule has 0 saturated carbocycles. The summed E-state index contributed by atoms with van der Waals surface area (Å²) in [5, 5.41) is 19.3. The third kappa shape index (κ3) is 3.90. The van der Waals surface area contributed by atoms with Gasteiger partial charge in [-0.25, -0.2) is 4.79 Å². The van der Waals surface area contributed by atoms with Crippen LogP contribution in [0.25, 0.3) is 0 Å². The Hall–Kier alpha value is -1.88. The van der Waals surface area contributed by atoms with Gasteiger partial charge in [0.2, 0.25) is 0 Å². The molecule has 0 aliphatic carbocycles. The molecule has 0 amide bonds. The van der Waals surface area contributed by atoms with Crippen LogP contribution in [0.5, 0.6) is 0 Å². The van der Waals surface area contributed by atoms with Crippen molar-refractivity contribution in [1.82, 2.24) is 9.13 Å². The van der Waals surface area contributed by atoms with Crippen LogP contribution in [0, 0.1) is 28.6 Å². The summed E-state index contributed by atoms with van der Waals surface area (Å²) in [6, 6.07) is 7.78. The normalized spacial score (nSPS) is 15.5. The van der Waals surface area contributed by atoms with Crippen LogP contribution in [0.15, 0.2) is 26.5 Å². The molecule has 4 rings (SSSR count). The van der Waals surface area contributed by atoms with Crippen molar-refractivity contribution < 1.29 is 51.4 Å². The van der Waals surface area contributed by atoms with E-state index in [0.29, 0.717) is 5.56 Å². The van der Waals surface area contributed by atoms with Gasteiger partial charge < -0.3 is 14.5 Å². The van der Waals surface area contributed by atoms with Crippen molar-refractivity contribution >= 4 is 5.69 Å². The van der Waals surface area contributed by atoms with E-state index in [2.05, 4.69) is 4.90 Å². The van der Waals surface area contributed by atoms with E-state index in [1.54, 1.807) is 0 Å². The predicted molar refractivity (Wildman–Crippen MR) is 111 cm³/mol. The Bertz CT molecular complexity index is 1210. The quantitative estimate of drug-likeness (QED) is 0.388. The summed E-state index contributed by atoms with van der Waals surface area (Å²) >= 11 is 0. The van der Waals surface area contributed by atoms with Crippen molar-refractivity contribution in [2.75, 3.05) is 18.0 Å². The Morgan fingerprint density at radius 2 is 1.42 bits per heavy atom. The summed E-state index contributed by atoms with van der Waals surface area (Å²) < 4.78 is 1.72. The first-order chi connectivity index (χ1) is 14.4. The van der Waals surface area contributed by atoms with Crippen LogP contribution in [-0.4, -0.2) is 22.2 Å². The fourth-order valence-corrected chi connectivity index (χ4v) is 4.83. The smallest absolute Gasteiger partial charge is 0.371 e. The first-order valence-corrected chi connectivity index (χ1v) is 10.1. The molecule has 2 aliphatic heterocycles. The van der Waals surface area contributed by atoms with Crippen molar-refractivity contribution in [3.63, 3.8) is 0 Å². The zero-order valence-corrected chi connectivity index (χ0v) is 21.1. The maximum absolute atomic E-state index is 12.9. The van der Waals surface area contributed by atoms with E-state index in [4.69, 9.17) is 0 Å². The molecule has 8 nitrogen and oxygen atoms in total. The van der Waals surface area contributed by atoms with Gasteiger partial charge in [0.1, 0.15) is 17.0 Å². The summed E-state index contributed by atoms with van der Waals surface area (Å²) in [5.41, 5.74) is 1.65. The monoisotopic (exact) mass is 443 g/mol. The molecule has 154 valence electrons. The van der Waals surface area contributed by atoms with E-state index in [1.165, 1.54) is 19.8 Å². The van der Waals surface area contributed by atoms with Gasteiger partial charge in [0.25, 0.3) is 0 Å². The molecule has 0 radical (unpaired) electrons. The third-order valence-corrected chi connectivity index (χ3v) is 6.28. The van der Waals surface area contributed by atoms with Crippen molar-refractivity contribution in [3.8, 4) is 12.1 Å². The molecule has 1 unspecified atom stereocenters. The molecule has 0 spiro atoms. The minimum absolute atomic E-state index is 0. The maximum Gasteiger partial charge on any atom is 1.00 e. The second-order valence-corrected chi connectivity index (χ2v) is 8.02. The average Bonchev–Trinajstić information content (AvgIpc) is 2.76. The Labute approximate surface area is 222 Å². The Kier molecular flexibility index (Phi) is 7.14. The Balaban J connectivity index is 0.00000272. The largest absolute Gasteiger partial charge is 1.00 e. The van der Waals surface area contributed by atoms with Crippen LogP contribution < -0.4 is 73.1 Å². The molecule has 0 saturated heterocycles. The van der Waals surface area contributed by atoms with E-state index in [0.717, 1.165) is 59.0 Å². The summed E-state index contributed by atoms with van der Waals surface area (Å²) in [7, 11) is 2.60. The molecular weight excluding hydrogens is 421 g/mol. The van der Waals surface area contributed by atoms with Gasteiger partial charge in [-0.3, -0.25) is 9.13 Å². The van der Waals surface area contributed by atoms with Crippen LogP contribution in [0.3, 0.4) is 0 Å². The Morgan fingerprint density at radius 1 is 0.935 bits per heavy atom. The van der Waals surface area contributed by atoms with Gasteiger partial charge in [-0.2, -0.15) is 16.1 Å². The summed E-state index contributed by atoms with van der Waals surface area (Å²) in [5.74, 6) is -2.24. The number of benzene rings is 1. The van der Waals surface area contributed by atoms with E-state index >= 15 is 0 Å². The van der Waals surface area contributed by atoms with E-state index in [-0.39, 0.29) is 56.9 Å². The number of aryl methyl sites for hydroxylation is 2. The van der Waals surface area contributed by atoms with Gasteiger partial charge in [-0.05, 0) is 36.8 Å². The van der Waals surface area contributed by atoms with Crippen LogP contribution in [0.1, 0.15) is 41.0 Å². The standard InChI is InChI=1S/C22H22N5O3.K/c1-25-20(28)18(21(29)26(2)22(25)30)17(16(11-23)12-24)15-9-13-5-3-7-27-8-4-6-14(10-15)19(13)27;/h9-10,16-17H,3-8H2,1-2H3;/q-1;+1. The number of hydrogen-bond donors (Lipinski definition) is 0. The molecule has 0 fully saturated rings. The van der Waals surface area contributed by atoms with Gasteiger partial charge in [-0.15, -0.1) is 0 Å². The SMILES string of the molecule is Cn1c(=O)[c-](C(c2cc3c4c(c2)CCCN4CCC3)C(C#N)C#N)c(=O)n(C)c1=O.[K+]. The number of nitrogens with zero attached hydrogens (tertiary/aromatic N) is 5. The van der Waals surface area contributed by atoms with Crippen molar-refractivity contribution in [2.24, 2.45) is 20.0 Å². The van der Waals surface area contributed by atoms with Crippen molar-refractivity contribution in [2.45, 2.75) is 31.6 Å². The molecular formula is C22H22KN5O3. The first-order valence-electron chi connectivity index (χ1n) is 10.1. The maximum atomic E-state index is 12.9. The van der Waals surface area contributed by atoms with Gasteiger partial charge in [0.05, 0.1) is 12.1 Å². The third-order valence-electron chi connectivity index (χ3n) is 6.28. The van der Waals surface area contributed by atoms with Gasteiger partial charge in [0.15, 0.2) is 0 Å². The van der Waals surface area contributed by atoms with Gasteiger partial charge >= 0.3 is 57.1 Å². The van der Waals surface area contributed by atoms with E-state index in [1.807, 2.05) is 24.3 Å². The zero-order chi connectivity index (χ0) is 21.6. The Morgan fingerprint density at radius 3 is 1.87 bits per heavy atom. The fourth-order valence-electron chi connectivity index (χ4n) is 4.83. The predicted octanol–water partition coefficient (Wildman–Crippen LogP) is -2.34. The van der Waals surface area contributed by atoms with E-state index in [9.17, 15) is 24.9 Å². The number of nitriles is 2. The second-order valence-electron chi connectivity index (χ2n) is 8.02. The topological polar surface area (TPSA) is 112 Å². The van der Waals surface area contributed by atoms with Crippen molar-refractivity contribution in [1.29, 1.82) is 10.5 Å². The molecule has 1 atom stereocenters. The second kappa shape index (κ2) is 9.31. The molecule has 2 aromatic rings. The van der Waals surface area contributed by atoms with E-state index < -0.39 is 28.6 Å².